The number of hydrogen-bond acceptors (Lipinski definition) is 3. The molecule has 0 aromatic carbocycles. The van der Waals surface area contributed by atoms with E-state index in [9.17, 15) is 10.2 Å². The monoisotopic (exact) mass is 316 g/mol. The minimum absolute atomic E-state index is 0.347. The van der Waals surface area contributed by atoms with Crippen LogP contribution in [-0.2, 0) is 0 Å². The molecule has 0 aliphatic carbocycles. The van der Waals surface area contributed by atoms with Gasteiger partial charge in [-0.1, -0.05) is 96.8 Å². The largest absolute Gasteiger partial charge is 0.394 e. The van der Waals surface area contributed by atoms with Gasteiger partial charge in [0.1, 0.15) is 6.10 Å². The molecular formula is C19H40O3. The highest BCUT2D eigenvalue weighted by atomic mass is 16.4. The normalized spacial score (nSPS) is 14.2. The Kier molecular flexibility index (Phi) is 17.1. The third-order valence-electron chi connectivity index (χ3n) is 4.48. The molecule has 22 heavy (non-hydrogen) atoms. The van der Waals surface area contributed by atoms with E-state index in [1.165, 1.54) is 77.0 Å². The van der Waals surface area contributed by atoms with Gasteiger partial charge < -0.3 is 15.3 Å². The minimum atomic E-state index is -0.970. The van der Waals surface area contributed by atoms with Gasteiger partial charge in [0, 0.05) is 0 Å². The SMILES string of the molecule is CCCCCCCCCCCCCCCC[C@H](O)C(O)CO. The summed E-state index contributed by atoms with van der Waals surface area (Å²) in [6, 6.07) is 0. The van der Waals surface area contributed by atoms with Crippen molar-refractivity contribution in [2.45, 2.75) is 115 Å². The first-order chi connectivity index (χ1) is 10.7. The van der Waals surface area contributed by atoms with Crippen molar-refractivity contribution in [2.75, 3.05) is 6.61 Å². The zero-order valence-electron chi connectivity index (χ0n) is 14.8. The Morgan fingerprint density at radius 2 is 0.909 bits per heavy atom. The average molecular weight is 317 g/mol. The molecule has 0 fully saturated rings. The Hall–Kier alpha value is -0.120. The summed E-state index contributed by atoms with van der Waals surface area (Å²) in [6.07, 6.45) is 17.3. The summed E-state index contributed by atoms with van der Waals surface area (Å²) >= 11 is 0. The second-order valence-electron chi connectivity index (χ2n) is 6.70. The lowest BCUT2D eigenvalue weighted by Gasteiger charge is -2.14. The van der Waals surface area contributed by atoms with Gasteiger partial charge in [-0.3, -0.25) is 0 Å². The Labute approximate surface area is 138 Å². The van der Waals surface area contributed by atoms with Crippen LogP contribution in [0.1, 0.15) is 103 Å². The van der Waals surface area contributed by atoms with Gasteiger partial charge in [0.25, 0.3) is 0 Å². The predicted octanol–water partition coefficient (Wildman–Crippen LogP) is 4.57. The molecule has 1 unspecified atom stereocenters. The molecule has 2 atom stereocenters. The van der Waals surface area contributed by atoms with Crippen LogP contribution in [0.3, 0.4) is 0 Å². The van der Waals surface area contributed by atoms with Crippen LogP contribution >= 0.6 is 0 Å². The molecule has 134 valence electrons. The molecular weight excluding hydrogens is 276 g/mol. The molecule has 3 heteroatoms. The van der Waals surface area contributed by atoms with E-state index >= 15 is 0 Å². The summed E-state index contributed by atoms with van der Waals surface area (Å²) in [5, 5.41) is 27.4. The lowest BCUT2D eigenvalue weighted by atomic mass is 10.0. The zero-order chi connectivity index (χ0) is 16.5. The van der Waals surface area contributed by atoms with Gasteiger partial charge in [-0.15, -0.1) is 0 Å². The second kappa shape index (κ2) is 17.2. The van der Waals surface area contributed by atoms with E-state index < -0.39 is 12.2 Å². The third kappa shape index (κ3) is 14.8. The maximum absolute atomic E-state index is 9.50. The van der Waals surface area contributed by atoms with Crippen molar-refractivity contribution in [3.63, 3.8) is 0 Å². The number of aliphatic hydroxyl groups is 3. The van der Waals surface area contributed by atoms with Crippen molar-refractivity contribution in [1.29, 1.82) is 0 Å². The van der Waals surface area contributed by atoms with Crippen molar-refractivity contribution in [3.8, 4) is 0 Å². The third-order valence-corrected chi connectivity index (χ3v) is 4.48. The Balaban J connectivity index is 3.08. The lowest BCUT2D eigenvalue weighted by molar-refractivity contribution is -0.0185. The van der Waals surface area contributed by atoms with Gasteiger partial charge in [-0.05, 0) is 6.42 Å². The number of aliphatic hydroxyl groups excluding tert-OH is 3. The van der Waals surface area contributed by atoms with Crippen molar-refractivity contribution in [2.24, 2.45) is 0 Å². The molecule has 3 N–H and O–H groups in total. The maximum Gasteiger partial charge on any atom is 0.103 e. The Morgan fingerprint density at radius 3 is 1.27 bits per heavy atom. The van der Waals surface area contributed by atoms with E-state index in [0.717, 1.165) is 12.8 Å². The van der Waals surface area contributed by atoms with E-state index in [0.29, 0.717) is 6.42 Å². The van der Waals surface area contributed by atoms with Crippen LogP contribution in [0, 0.1) is 0 Å². The van der Waals surface area contributed by atoms with Crippen molar-refractivity contribution < 1.29 is 15.3 Å². The fraction of sp³-hybridized carbons (Fsp3) is 1.00. The summed E-state index contributed by atoms with van der Waals surface area (Å²) < 4.78 is 0. The standard InChI is InChI=1S/C19H40O3/c1-2-3-4-5-6-7-8-9-10-11-12-13-14-15-16-18(21)19(22)17-20/h18-22H,2-17H2,1H3/t18-,19?/m0/s1. The van der Waals surface area contributed by atoms with Crippen LogP contribution < -0.4 is 0 Å². The first kappa shape index (κ1) is 21.9. The van der Waals surface area contributed by atoms with Crippen LogP contribution in [0.25, 0.3) is 0 Å². The quantitative estimate of drug-likeness (QED) is 0.344. The molecule has 0 amide bonds. The molecule has 0 rings (SSSR count). The summed E-state index contributed by atoms with van der Waals surface area (Å²) in [7, 11) is 0. The van der Waals surface area contributed by atoms with Crippen molar-refractivity contribution in [1.82, 2.24) is 0 Å². The van der Waals surface area contributed by atoms with Gasteiger partial charge in [0.15, 0.2) is 0 Å². The Bertz CT molecular complexity index is 209. The fourth-order valence-electron chi connectivity index (χ4n) is 2.86. The first-order valence-electron chi connectivity index (χ1n) is 9.69. The van der Waals surface area contributed by atoms with E-state index in [4.69, 9.17) is 5.11 Å². The molecule has 0 saturated carbocycles. The summed E-state index contributed by atoms with van der Waals surface area (Å²) in [5.41, 5.74) is 0. The van der Waals surface area contributed by atoms with E-state index in [-0.39, 0.29) is 6.61 Å². The molecule has 0 bridgehead atoms. The van der Waals surface area contributed by atoms with E-state index in [1.54, 1.807) is 0 Å². The molecule has 0 aromatic rings. The summed E-state index contributed by atoms with van der Waals surface area (Å²) in [5.74, 6) is 0. The summed E-state index contributed by atoms with van der Waals surface area (Å²) in [6.45, 7) is 1.92. The highest BCUT2D eigenvalue weighted by Gasteiger charge is 2.13. The predicted molar refractivity (Wildman–Crippen MR) is 94.0 cm³/mol. The number of hydrogen-bond donors (Lipinski definition) is 3. The summed E-state index contributed by atoms with van der Waals surface area (Å²) in [4.78, 5) is 0. The fourth-order valence-corrected chi connectivity index (χ4v) is 2.86. The van der Waals surface area contributed by atoms with Gasteiger partial charge in [-0.2, -0.15) is 0 Å². The number of unbranched alkanes of at least 4 members (excludes halogenated alkanes) is 13. The molecule has 0 aliphatic heterocycles. The minimum Gasteiger partial charge on any atom is -0.394 e. The van der Waals surface area contributed by atoms with E-state index in [1.807, 2.05) is 0 Å². The van der Waals surface area contributed by atoms with Crippen molar-refractivity contribution in [3.05, 3.63) is 0 Å². The van der Waals surface area contributed by atoms with Gasteiger partial charge >= 0.3 is 0 Å². The first-order valence-corrected chi connectivity index (χ1v) is 9.69. The van der Waals surface area contributed by atoms with Crippen LogP contribution in [0.4, 0.5) is 0 Å². The molecule has 0 radical (unpaired) electrons. The van der Waals surface area contributed by atoms with Crippen LogP contribution in [0.5, 0.6) is 0 Å². The topological polar surface area (TPSA) is 60.7 Å². The molecule has 3 nitrogen and oxygen atoms in total. The molecule has 0 spiro atoms. The van der Waals surface area contributed by atoms with Crippen LogP contribution in [0.15, 0.2) is 0 Å². The van der Waals surface area contributed by atoms with Crippen LogP contribution in [-0.4, -0.2) is 34.1 Å². The van der Waals surface area contributed by atoms with Crippen LogP contribution in [0.2, 0.25) is 0 Å². The van der Waals surface area contributed by atoms with Gasteiger partial charge in [0.2, 0.25) is 0 Å². The average Bonchev–Trinajstić information content (AvgIpc) is 2.54. The second-order valence-corrected chi connectivity index (χ2v) is 6.70. The maximum atomic E-state index is 9.50. The van der Waals surface area contributed by atoms with Crippen molar-refractivity contribution >= 4 is 0 Å². The smallest absolute Gasteiger partial charge is 0.103 e. The zero-order valence-corrected chi connectivity index (χ0v) is 14.8. The Morgan fingerprint density at radius 1 is 0.545 bits per heavy atom. The van der Waals surface area contributed by atoms with E-state index in [2.05, 4.69) is 6.92 Å². The van der Waals surface area contributed by atoms with Gasteiger partial charge in [0.05, 0.1) is 12.7 Å². The molecule has 0 aliphatic rings. The molecule has 0 aromatic heterocycles. The van der Waals surface area contributed by atoms with Gasteiger partial charge in [-0.25, -0.2) is 0 Å². The number of rotatable bonds is 17. The lowest BCUT2D eigenvalue weighted by Crippen LogP contribution is -2.28. The highest BCUT2D eigenvalue weighted by molar-refractivity contribution is 4.65. The molecule has 0 heterocycles. The molecule has 0 saturated heterocycles. The highest BCUT2D eigenvalue weighted by Crippen LogP contribution is 2.14.